The van der Waals surface area contributed by atoms with Gasteiger partial charge in [-0.15, -0.1) is 11.3 Å². The van der Waals surface area contributed by atoms with Gasteiger partial charge in [-0.25, -0.2) is 4.98 Å². The predicted octanol–water partition coefficient (Wildman–Crippen LogP) is 2.06. The number of amides is 1. The second kappa shape index (κ2) is 7.08. The van der Waals surface area contributed by atoms with E-state index in [1.807, 2.05) is 5.51 Å². The SMILES string of the molecule is CC[C@@]1(C(=O)NCCc2cn[nH]n2)C[C@@H]2CC[C@H]1N2Cc1scnc1C. The first-order valence-electron chi connectivity index (χ1n) is 9.41. The summed E-state index contributed by atoms with van der Waals surface area (Å²) in [5.74, 6) is 0.210. The molecule has 0 saturated carbocycles. The molecule has 7 nitrogen and oxygen atoms in total. The van der Waals surface area contributed by atoms with Crippen molar-refractivity contribution in [2.24, 2.45) is 5.41 Å². The highest BCUT2D eigenvalue weighted by molar-refractivity contribution is 7.09. The molecule has 4 rings (SSSR count). The van der Waals surface area contributed by atoms with Gasteiger partial charge in [-0.05, 0) is 32.6 Å². The zero-order valence-corrected chi connectivity index (χ0v) is 16.2. The minimum atomic E-state index is -0.259. The van der Waals surface area contributed by atoms with Crippen molar-refractivity contribution in [3.05, 3.63) is 28.0 Å². The van der Waals surface area contributed by atoms with Gasteiger partial charge in [0.1, 0.15) is 0 Å². The largest absolute Gasteiger partial charge is 0.355 e. The first-order chi connectivity index (χ1) is 12.6. The molecule has 140 valence electrons. The zero-order valence-electron chi connectivity index (χ0n) is 15.4. The Bertz CT molecular complexity index is 760. The minimum Gasteiger partial charge on any atom is -0.355 e. The molecule has 1 amide bonds. The maximum Gasteiger partial charge on any atom is 0.227 e. The van der Waals surface area contributed by atoms with Crippen molar-refractivity contribution < 1.29 is 4.79 Å². The molecule has 2 aromatic rings. The van der Waals surface area contributed by atoms with Gasteiger partial charge in [-0.1, -0.05) is 6.92 Å². The van der Waals surface area contributed by atoms with Crippen LogP contribution in [0, 0.1) is 12.3 Å². The molecule has 3 atom stereocenters. The number of thiazole rings is 1. The summed E-state index contributed by atoms with van der Waals surface area (Å²) in [6.45, 7) is 5.78. The molecule has 2 saturated heterocycles. The van der Waals surface area contributed by atoms with Gasteiger partial charge in [0.05, 0.1) is 28.5 Å². The molecule has 2 aliphatic rings. The fraction of sp³-hybridized carbons (Fsp3) is 0.667. The quantitative estimate of drug-likeness (QED) is 0.775. The van der Waals surface area contributed by atoms with E-state index in [9.17, 15) is 4.79 Å². The highest BCUT2D eigenvalue weighted by atomic mass is 32.1. The summed E-state index contributed by atoms with van der Waals surface area (Å²) in [6, 6.07) is 0.855. The van der Waals surface area contributed by atoms with Crippen molar-refractivity contribution in [1.82, 2.24) is 30.6 Å². The number of rotatable bonds is 7. The Morgan fingerprint density at radius 2 is 2.38 bits per heavy atom. The predicted molar refractivity (Wildman–Crippen MR) is 99.6 cm³/mol. The van der Waals surface area contributed by atoms with Crippen LogP contribution in [-0.4, -0.2) is 49.8 Å². The monoisotopic (exact) mass is 374 g/mol. The summed E-state index contributed by atoms with van der Waals surface area (Å²) in [6.07, 6.45) is 6.60. The van der Waals surface area contributed by atoms with Crippen LogP contribution in [0.4, 0.5) is 0 Å². The fourth-order valence-electron chi connectivity index (χ4n) is 4.80. The van der Waals surface area contributed by atoms with E-state index in [1.54, 1.807) is 17.5 Å². The maximum absolute atomic E-state index is 13.1. The number of nitrogens with zero attached hydrogens (tertiary/aromatic N) is 4. The van der Waals surface area contributed by atoms with E-state index in [-0.39, 0.29) is 11.3 Å². The van der Waals surface area contributed by atoms with Gasteiger partial charge in [0.2, 0.25) is 5.91 Å². The lowest BCUT2D eigenvalue weighted by atomic mass is 9.71. The van der Waals surface area contributed by atoms with Crippen molar-refractivity contribution in [2.75, 3.05) is 6.54 Å². The van der Waals surface area contributed by atoms with Crippen LogP contribution in [0.2, 0.25) is 0 Å². The van der Waals surface area contributed by atoms with Gasteiger partial charge >= 0.3 is 0 Å². The fourth-order valence-corrected chi connectivity index (χ4v) is 5.58. The van der Waals surface area contributed by atoms with Crippen molar-refractivity contribution in [1.29, 1.82) is 0 Å². The molecule has 8 heteroatoms. The molecule has 2 aromatic heterocycles. The summed E-state index contributed by atoms with van der Waals surface area (Å²) in [5, 5.41) is 13.6. The second-order valence-electron chi connectivity index (χ2n) is 7.46. The third kappa shape index (κ3) is 2.95. The standard InChI is InChI=1S/C18H26N6OS/c1-3-18(17(25)19-7-6-13-9-21-23-22-13)8-14-4-5-16(18)24(14)10-15-12(2)20-11-26-15/h9,11,14,16H,3-8,10H2,1-2H3,(H,19,25)(H,21,22,23)/t14-,16+,18+/m0/s1. The average molecular weight is 375 g/mol. The van der Waals surface area contributed by atoms with E-state index in [1.165, 1.54) is 11.3 Å². The van der Waals surface area contributed by atoms with Crippen LogP contribution in [0.3, 0.4) is 0 Å². The molecule has 2 N–H and O–H groups in total. The van der Waals surface area contributed by atoms with E-state index in [0.717, 1.165) is 37.2 Å². The van der Waals surface area contributed by atoms with Gasteiger partial charge in [-0.3, -0.25) is 9.69 Å². The van der Waals surface area contributed by atoms with Crippen molar-refractivity contribution in [3.63, 3.8) is 0 Å². The Kier molecular flexibility index (Phi) is 4.79. The lowest BCUT2D eigenvalue weighted by Crippen LogP contribution is -2.49. The molecule has 0 unspecified atom stereocenters. The number of hydrogen-bond acceptors (Lipinski definition) is 6. The highest BCUT2D eigenvalue weighted by Gasteiger charge is 2.58. The van der Waals surface area contributed by atoms with Crippen LogP contribution in [0.1, 0.15) is 48.9 Å². The molecule has 4 heterocycles. The Morgan fingerprint density at radius 1 is 1.50 bits per heavy atom. The molecular formula is C18H26N6OS. The molecule has 0 radical (unpaired) electrons. The van der Waals surface area contributed by atoms with Gasteiger partial charge < -0.3 is 5.32 Å². The van der Waals surface area contributed by atoms with Gasteiger partial charge in [0.15, 0.2) is 0 Å². The Hall–Kier alpha value is -1.80. The smallest absolute Gasteiger partial charge is 0.227 e. The summed E-state index contributed by atoms with van der Waals surface area (Å²) in [7, 11) is 0. The number of fused-ring (bicyclic) bond motifs is 2. The van der Waals surface area contributed by atoms with Crippen LogP contribution in [0.5, 0.6) is 0 Å². The Labute approximate surface area is 157 Å². The summed E-state index contributed by atoms with van der Waals surface area (Å²) >= 11 is 1.73. The highest BCUT2D eigenvalue weighted by Crippen LogP contribution is 2.52. The number of carbonyl (C=O) groups excluding carboxylic acids is 1. The van der Waals surface area contributed by atoms with Crippen molar-refractivity contribution in [3.8, 4) is 0 Å². The molecular weight excluding hydrogens is 348 g/mol. The van der Waals surface area contributed by atoms with Crippen molar-refractivity contribution in [2.45, 2.75) is 64.6 Å². The molecule has 2 bridgehead atoms. The van der Waals surface area contributed by atoms with Crippen LogP contribution < -0.4 is 5.32 Å². The topological polar surface area (TPSA) is 86.8 Å². The molecule has 0 spiro atoms. The van der Waals surface area contributed by atoms with Crippen LogP contribution >= 0.6 is 11.3 Å². The Morgan fingerprint density at radius 3 is 3.08 bits per heavy atom. The minimum absolute atomic E-state index is 0.210. The zero-order chi connectivity index (χ0) is 18.1. The molecule has 0 aromatic carbocycles. The maximum atomic E-state index is 13.1. The summed E-state index contributed by atoms with van der Waals surface area (Å²) in [5.41, 5.74) is 3.67. The number of carbonyl (C=O) groups is 1. The van der Waals surface area contributed by atoms with E-state index in [2.05, 4.69) is 44.5 Å². The lowest BCUT2D eigenvalue weighted by Gasteiger charge is -2.35. The number of H-pyrrole nitrogens is 1. The number of nitrogens with one attached hydrogen (secondary N) is 2. The lowest BCUT2D eigenvalue weighted by molar-refractivity contribution is -0.133. The summed E-state index contributed by atoms with van der Waals surface area (Å²) < 4.78 is 0. The van der Waals surface area contributed by atoms with Crippen LogP contribution in [0.15, 0.2) is 11.7 Å². The normalized spacial score (nSPS) is 27.9. The first-order valence-corrected chi connectivity index (χ1v) is 10.3. The van der Waals surface area contributed by atoms with E-state index >= 15 is 0 Å². The number of aryl methyl sites for hydroxylation is 1. The van der Waals surface area contributed by atoms with Crippen LogP contribution in [-0.2, 0) is 17.8 Å². The number of aromatic amines is 1. The number of aromatic nitrogens is 4. The first kappa shape index (κ1) is 17.6. The van der Waals surface area contributed by atoms with E-state index in [0.29, 0.717) is 25.0 Å². The summed E-state index contributed by atoms with van der Waals surface area (Å²) in [4.78, 5) is 21.4. The van der Waals surface area contributed by atoms with Crippen molar-refractivity contribution >= 4 is 17.2 Å². The molecule has 2 aliphatic heterocycles. The van der Waals surface area contributed by atoms with E-state index in [4.69, 9.17) is 0 Å². The Balaban J connectivity index is 1.44. The molecule has 26 heavy (non-hydrogen) atoms. The molecule has 0 aliphatic carbocycles. The second-order valence-corrected chi connectivity index (χ2v) is 8.40. The van der Waals surface area contributed by atoms with E-state index < -0.39 is 0 Å². The van der Waals surface area contributed by atoms with Gasteiger partial charge in [0.25, 0.3) is 0 Å². The number of hydrogen-bond donors (Lipinski definition) is 2. The third-order valence-corrected chi connectivity index (χ3v) is 7.19. The average Bonchev–Trinajstić information content (AvgIpc) is 3.42. The van der Waals surface area contributed by atoms with Crippen LogP contribution in [0.25, 0.3) is 0 Å². The molecule has 2 fully saturated rings. The van der Waals surface area contributed by atoms with Gasteiger partial charge in [0, 0.05) is 36.5 Å². The third-order valence-electron chi connectivity index (χ3n) is 6.27. The van der Waals surface area contributed by atoms with Gasteiger partial charge in [-0.2, -0.15) is 15.4 Å².